The second-order valence-corrected chi connectivity index (χ2v) is 7.63. The Morgan fingerprint density at radius 2 is 2.03 bits per heavy atom. The van der Waals surface area contributed by atoms with Crippen LogP contribution >= 0.6 is 0 Å². The minimum Gasteiger partial charge on any atom is -0.394 e. The van der Waals surface area contributed by atoms with E-state index >= 15 is 0 Å². The maximum absolute atomic E-state index is 11.0. The summed E-state index contributed by atoms with van der Waals surface area (Å²) in [5.41, 5.74) is 2.92. The van der Waals surface area contributed by atoms with Gasteiger partial charge in [-0.3, -0.25) is 14.7 Å². The third-order valence-electron chi connectivity index (χ3n) is 5.84. The highest BCUT2D eigenvalue weighted by Gasteiger charge is 2.44. The highest BCUT2D eigenvalue weighted by atomic mass is 16.6. The fourth-order valence-electron chi connectivity index (χ4n) is 4.20. The number of nitrogens with zero attached hydrogens (tertiary/aromatic N) is 6. The Hall–Kier alpha value is -3.19. The summed E-state index contributed by atoms with van der Waals surface area (Å²) in [5.74, 6) is 0.597. The van der Waals surface area contributed by atoms with Gasteiger partial charge in [-0.1, -0.05) is 6.07 Å². The second kappa shape index (κ2) is 7.50. The first-order valence-electron chi connectivity index (χ1n) is 9.79. The minimum atomic E-state index is -1.24. The molecule has 1 saturated heterocycles. The molecule has 162 valence electrons. The Balaban J connectivity index is 1.46. The molecule has 3 aromatic rings. The Labute approximate surface area is 175 Å². The van der Waals surface area contributed by atoms with Crippen LogP contribution in [0.4, 0.5) is 11.5 Å². The summed E-state index contributed by atoms with van der Waals surface area (Å²) in [6.45, 7) is 0.689. The minimum absolute atomic E-state index is 0.0776. The zero-order chi connectivity index (χ0) is 21.7. The molecule has 1 aromatic carbocycles. The largest absolute Gasteiger partial charge is 0.394 e. The molecule has 0 aliphatic carbocycles. The van der Waals surface area contributed by atoms with Crippen molar-refractivity contribution < 1.29 is 25.0 Å². The van der Waals surface area contributed by atoms with Gasteiger partial charge in [0.25, 0.3) is 5.69 Å². The highest BCUT2D eigenvalue weighted by molar-refractivity contribution is 5.83. The van der Waals surface area contributed by atoms with Crippen LogP contribution in [-0.4, -0.2) is 71.2 Å². The topological polar surface area (TPSA) is 160 Å². The number of rotatable bonds is 4. The van der Waals surface area contributed by atoms with Crippen molar-refractivity contribution in [1.29, 1.82) is 0 Å². The molecule has 4 atom stereocenters. The highest BCUT2D eigenvalue weighted by Crippen LogP contribution is 2.34. The second-order valence-electron chi connectivity index (χ2n) is 7.63. The predicted molar refractivity (Wildman–Crippen MR) is 106 cm³/mol. The Bertz CT molecular complexity index is 1150. The summed E-state index contributed by atoms with van der Waals surface area (Å²) in [6.07, 6.45) is -0.837. The first-order chi connectivity index (χ1) is 15.0. The number of benzene rings is 1. The summed E-state index contributed by atoms with van der Waals surface area (Å²) < 4.78 is 7.11. The lowest BCUT2D eigenvalue weighted by Gasteiger charge is -2.29. The number of aliphatic hydroxyl groups excluding tert-OH is 3. The number of ether oxygens (including phenoxy) is 1. The van der Waals surface area contributed by atoms with Crippen LogP contribution in [0.3, 0.4) is 0 Å². The molecule has 1 fully saturated rings. The molecule has 2 aliphatic rings. The third-order valence-corrected chi connectivity index (χ3v) is 5.84. The molecular formula is C19H20N6O6. The first-order valence-corrected chi connectivity index (χ1v) is 9.79. The van der Waals surface area contributed by atoms with Crippen molar-refractivity contribution in [2.24, 2.45) is 0 Å². The summed E-state index contributed by atoms with van der Waals surface area (Å²) in [6, 6.07) is 4.86. The molecule has 0 bridgehead atoms. The van der Waals surface area contributed by atoms with Crippen LogP contribution in [0.2, 0.25) is 0 Å². The molecule has 31 heavy (non-hydrogen) atoms. The predicted octanol–water partition coefficient (Wildman–Crippen LogP) is -0.0913. The smallest absolute Gasteiger partial charge is 0.269 e. The monoisotopic (exact) mass is 428 g/mol. The van der Waals surface area contributed by atoms with E-state index in [2.05, 4.69) is 15.0 Å². The Morgan fingerprint density at radius 1 is 1.19 bits per heavy atom. The van der Waals surface area contributed by atoms with Crippen molar-refractivity contribution in [3.05, 3.63) is 52.1 Å². The van der Waals surface area contributed by atoms with Gasteiger partial charge in [-0.2, -0.15) is 0 Å². The van der Waals surface area contributed by atoms with E-state index in [1.54, 1.807) is 12.1 Å². The van der Waals surface area contributed by atoms with Gasteiger partial charge in [0.2, 0.25) is 0 Å². The van der Waals surface area contributed by atoms with E-state index in [9.17, 15) is 25.4 Å². The fourth-order valence-corrected chi connectivity index (χ4v) is 4.20. The van der Waals surface area contributed by atoms with E-state index in [1.165, 1.54) is 23.3 Å². The number of nitro groups is 1. The number of aliphatic hydroxyl groups is 3. The number of non-ortho nitro benzene ring substituents is 1. The number of imidazole rings is 1. The van der Waals surface area contributed by atoms with Crippen LogP contribution in [0.5, 0.6) is 0 Å². The Morgan fingerprint density at radius 3 is 2.77 bits per heavy atom. The SMILES string of the molecule is O=[N+]([O-])c1ccc2c(c1)CCN(c1ncnc3c1ncn3C1O[C@H](CO)[C@@H](O)[C@H]1O)C2. The van der Waals surface area contributed by atoms with Crippen molar-refractivity contribution in [3.63, 3.8) is 0 Å². The van der Waals surface area contributed by atoms with Crippen molar-refractivity contribution in [1.82, 2.24) is 19.5 Å². The molecule has 0 spiro atoms. The zero-order valence-electron chi connectivity index (χ0n) is 16.3. The van der Waals surface area contributed by atoms with Crippen LogP contribution in [-0.2, 0) is 17.7 Å². The standard InChI is InChI=1S/C19H20N6O6/c26-7-13-15(27)16(28)19(31-13)24-9-22-14-17(20-8-21-18(14)24)23-4-3-10-5-12(25(29)30)2-1-11(10)6-23/h1-2,5,8-9,13,15-16,19,26-28H,3-4,6-7H2/t13-,15-,16-,19?/m1/s1. The average Bonchev–Trinajstić information content (AvgIpc) is 3.33. The van der Waals surface area contributed by atoms with Gasteiger partial charge < -0.3 is 25.0 Å². The summed E-state index contributed by atoms with van der Waals surface area (Å²) >= 11 is 0. The van der Waals surface area contributed by atoms with Crippen LogP contribution < -0.4 is 4.90 Å². The van der Waals surface area contributed by atoms with E-state index in [0.29, 0.717) is 36.5 Å². The quantitative estimate of drug-likeness (QED) is 0.378. The molecule has 12 nitrogen and oxygen atoms in total. The number of hydrogen-bond donors (Lipinski definition) is 3. The number of fused-ring (bicyclic) bond motifs is 2. The molecule has 2 aromatic heterocycles. The maximum atomic E-state index is 11.0. The number of nitro benzene ring substituents is 1. The average molecular weight is 428 g/mol. The molecule has 0 radical (unpaired) electrons. The van der Waals surface area contributed by atoms with Crippen LogP contribution in [0.15, 0.2) is 30.9 Å². The van der Waals surface area contributed by atoms with Gasteiger partial charge in [0.15, 0.2) is 23.2 Å². The number of aromatic nitrogens is 4. The number of anilines is 1. The normalized spacial score (nSPS) is 25.7. The van der Waals surface area contributed by atoms with Crippen molar-refractivity contribution in [3.8, 4) is 0 Å². The molecule has 4 heterocycles. The van der Waals surface area contributed by atoms with E-state index in [4.69, 9.17) is 4.74 Å². The van der Waals surface area contributed by atoms with Gasteiger partial charge in [-0.15, -0.1) is 0 Å². The third kappa shape index (κ3) is 3.20. The first kappa shape index (κ1) is 19.8. The number of hydrogen-bond acceptors (Lipinski definition) is 10. The molecule has 3 N–H and O–H groups in total. The van der Waals surface area contributed by atoms with Crippen molar-refractivity contribution >= 4 is 22.7 Å². The van der Waals surface area contributed by atoms with Crippen molar-refractivity contribution in [2.75, 3.05) is 18.1 Å². The van der Waals surface area contributed by atoms with Gasteiger partial charge in [-0.05, 0) is 17.5 Å². The van der Waals surface area contributed by atoms with Crippen molar-refractivity contribution in [2.45, 2.75) is 37.5 Å². The summed E-state index contributed by atoms with van der Waals surface area (Å²) in [7, 11) is 0. The van der Waals surface area contributed by atoms with Crippen LogP contribution in [0.25, 0.3) is 11.2 Å². The summed E-state index contributed by atoms with van der Waals surface area (Å²) in [5, 5.41) is 40.8. The van der Waals surface area contributed by atoms with Gasteiger partial charge in [-0.25, -0.2) is 15.0 Å². The summed E-state index contributed by atoms with van der Waals surface area (Å²) in [4.78, 5) is 25.7. The van der Waals surface area contributed by atoms with E-state index in [-0.39, 0.29) is 5.69 Å². The zero-order valence-corrected chi connectivity index (χ0v) is 16.3. The molecule has 1 unspecified atom stereocenters. The lowest BCUT2D eigenvalue weighted by atomic mass is 9.99. The molecule has 5 rings (SSSR count). The maximum Gasteiger partial charge on any atom is 0.269 e. The van der Waals surface area contributed by atoms with Crippen LogP contribution in [0, 0.1) is 10.1 Å². The molecule has 0 amide bonds. The lowest BCUT2D eigenvalue weighted by Crippen LogP contribution is -2.33. The van der Waals surface area contributed by atoms with Gasteiger partial charge in [0.1, 0.15) is 24.6 Å². The van der Waals surface area contributed by atoms with Gasteiger partial charge in [0, 0.05) is 25.2 Å². The molecular weight excluding hydrogens is 408 g/mol. The lowest BCUT2D eigenvalue weighted by molar-refractivity contribution is -0.384. The molecule has 0 saturated carbocycles. The van der Waals surface area contributed by atoms with E-state index in [1.807, 2.05) is 4.90 Å². The van der Waals surface area contributed by atoms with E-state index in [0.717, 1.165) is 11.1 Å². The van der Waals surface area contributed by atoms with E-state index < -0.39 is 36.1 Å². The van der Waals surface area contributed by atoms with Gasteiger partial charge >= 0.3 is 0 Å². The van der Waals surface area contributed by atoms with Crippen LogP contribution in [0.1, 0.15) is 17.4 Å². The van der Waals surface area contributed by atoms with Gasteiger partial charge in [0.05, 0.1) is 17.9 Å². The molecule has 12 heteroatoms. The fraction of sp³-hybridized carbons (Fsp3) is 0.421. The Kier molecular flexibility index (Phi) is 4.78. The molecule has 2 aliphatic heterocycles.